The number of nitro groups is 4. The van der Waals surface area contributed by atoms with Crippen LogP contribution in [0.15, 0.2) is 36.4 Å². The van der Waals surface area contributed by atoms with E-state index in [1.54, 1.807) is 0 Å². The highest BCUT2D eigenvalue weighted by Gasteiger charge is 2.25. The van der Waals surface area contributed by atoms with Crippen molar-refractivity contribution < 1.29 is 29.3 Å². The average molecular weight is 462 g/mol. The van der Waals surface area contributed by atoms with Gasteiger partial charge in [-0.2, -0.15) is 0 Å². The average Bonchev–Trinajstić information content (AvgIpc) is 2.77. The van der Waals surface area contributed by atoms with Crippen LogP contribution in [0, 0.1) is 40.5 Å². The Morgan fingerprint density at radius 2 is 1.00 bits per heavy atom. The highest BCUT2D eigenvalue weighted by Crippen LogP contribution is 2.25. The summed E-state index contributed by atoms with van der Waals surface area (Å²) in [4.78, 5) is 64.5. The molecule has 2 aromatic rings. The molecular weight excluding hydrogens is 448 g/mol. The van der Waals surface area contributed by atoms with Crippen molar-refractivity contribution in [3.8, 4) is 0 Å². The number of hydrogen-bond donors (Lipinski definition) is 2. The SMILES string of the molecule is O=C(NCCCNC(=O)c1ccc([N+](=O)[O-])cc1[N+](=O)[O-])c1ccc([N+](=O)[O-])cc1[N+](=O)[O-]. The van der Waals surface area contributed by atoms with Gasteiger partial charge in [0.1, 0.15) is 11.1 Å². The molecule has 2 rings (SSSR count). The number of benzene rings is 2. The van der Waals surface area contributed by atoms with Gasteiger partial charge in [-0.15, -0.1) is 0 Å². The van der Waals surface area contributed by atoms with Crippen molar-refractivity contribution in [3.05, 3.63) is 88.0 Å². The van der Waals surface area contributed by atoms with Crippen LogP contribution in [0.5, 0.6) is 0 Å². The van der Waals surface area contributed by atoms with Crippen LogP contribution >= 0.6 is 0 Å². The molecule has 172 valence electrons. The third-order valence-electron chi connectivity index (χ3n) is 4.19. The molecule has 0 saturated heterocycles. The first-order chi connectivity index (χ1) is 15.5. The topological polar surface area (TPSA) is 231 Å². The van der Waals surface area contributed by atoms with E-state index >= 15 is 0 Å². The van der Waals surface area contributed by atoms with Crippen LogP contribution < -0.4 is 10.6 Å². The molecule has 0 bridgehead atoms. The van der Waals surface area contributed by atoms with Crippen LogP contribution in [0.2, 0.25) is 0 Å². The zero-order chi connectivity index (χ0) is 24.7. The molecule has 16 nitrogen and oxygen atoms in total. The standard InChI is InChI=1S/C17H14N6O10/c24-16(12-4-2-10(20(26)27)8-14(12)22(30)31)18-6-1-7-19-17(25)13-5-3-11(21(28)29)9-15(13)23(32)33/h2-5,8-9H,1,6-7H2,(H,18,24)(H,19,25). The molecule has 0 aliphatic rings. The summed E-state index contributed by atoms with van der Waals surface area (Å²) in [7, 11) is 0. The lowest BCUT2D eigenvalue weighted by Crippen LogP contribution is -2.30. The summed E-state index contributed by atoms with van der Waals surface area (Å²) in [5, 5.41) is 48.4. The Kier molecular flexibility index (Phi) is 7.59. The Hall–Kier alpha value is -5.02. The quantitative estimate of drug-likeness (QED) is 0.295. The number of hydrogen-bond acceptors (Lipinski definition) is 10. The monoisotopic (exact) mass is 462 g/mol. The molecule has 0 aromatic heterocycles. The molecule has 0 spiro atoms. The van der Waals surface area contributed by atoms with Crippen LogP contribution in [0.25, 0.3) is 0 Å². The Morgan fingerprint density at radius 1 is 0.636 bits per heavy atom. The number of rotatable bonds is 10. The maximum Gasteiger partial charge on any atom is 0.289 e. The number of amides is 2. The van der Waals surface area contributed by atoms with Crippen molar-refractivity contribution in [2.24, 2.45) is 0 Å². The molecule has 0 atom stereocenters. The second-order valence-electron chi connectivity index (χ2n) is 6.30. The van der Waals surface area contributed by atoms with Gasteiger partial charge in [0.2, 0.25) is 0 Å². The Morgan fingerprint density at radius 3 is 1.30 bits per heavy atom. The molecule has 0 saturated carbocycles. The van der Waals surface area contributed by atoms with Crippen LogP contribution in [0.4, 0.5) is 22.7 Å². The van der Waals surface area contributed by atoms with Crippen molar-refractivity contribution in [3.63, 3.8) is 0 Å². The van der Waals surface area contributed by atoms with Gasteiger partial charge < -0.3 is 10.6 Å². The number of nitrogens with one attached hydrogen (secondary N) is 2. The second-order valence-corrected chi connectivity index (χ2v) is 6.30. The van der Waals surface area contributed by atoms with E-state index in [0.717, 1.165) is 24.3 Å². The number of carbonyl (C=O) groups excluding carboxylic acids is 2. The minimum Gasteiger partial charge on any atom is -0.352 e. The number of non-ortho nitro benzene ring substituents is 2. The van der Waals surface area contributed by atoms with E-state index in [9.17, 15) is 50.0 Å². The van der Waals surface area contributed by atoms with Gasteiger partial charge in [-0.1, -0.05) is 0 Å². The van der Waals surface area contributed by atoms with E-state index < -0.39 is 65.4 Å². The molecule has 0 aliphatic heterocycles. The van der Waals surface area contributed by atoms with Crippen molar-refractivity contribution in [2.75, 3.05) is 13.1 Å². The zero-order valence-electron chi connectivity index (χ0n) is 16.5. The highest BCUT2D eigenvalue weighted by atomic mass is 16.6. The van der Waals surface area contributed by atoms with Gasteiger partial charge in [0, 0.05) is 25.2 Å². The molecule has 0 unspecified atom stereocenters. The molecule has 2 N–H and O–H groups in total. The maximum atomic E-state index is 12.2. The van der Waals surface area contributed by atoms with Crippen LogP contribution in [-0.2, 0) is 0 Å². The lowest BCUT2D eigenvalue weighted by Gasteiger charge is -2.08. The van der Waals surface area contributed by atoms with Gasteiger partial charge in [-0.25, -0.2) is 0 Å². The molecule has 2 aromatic carbocycles. The Bertz CT molecular complexity index is 1080. The third kappa shape index (κ3) is 6.00. The Labute approximate surface area is 182 Å². The molecule has 0 radical (unpaired) electrons. The van der Waals surface area contributed by atoms with Gasteiger partial charge in [0.15, 0.2) is 0 Å². The van der Waals surface area contributed by atoms with Crippen molar-refractivity contribution in [1.29, 1.82) is 0 Å². The fraction of sp³-hybridized carbons (Fsp3) is 0.176. The zero-order valence-corrected chi connectivity index (χ0v) is 16.5. The second kappa shape index (κ2) is 10.3. The van der Waals surface area contributed by atoms with E-state index in [1.807, 2.05) is 0 Å². The molecular formula is C17H14N6O10. The first kappa shape index (κ1) is 24.3. The van der Waals surface area contributed by atoms with Gasteiger partial charge in [0.25, 0.3) is 34.6 Å². The van der Waals surface area contributed by atoms with Gasteiger partial charge in [0.05, 0.1) is 31.8 Å². The highest BCUT2D eigenvalue weighted by molar-refractivity contribution is 5.99. The third-order valence-corrected chi connectivity index (χ3v) is 4.19. The molecule has 0 aliphatic carbocycles. The van der Waals surface area contributed by atoms with Crippen molar-refractivity contribution >= 4 is 34.6 Å². The predicted octanol–water partition coefficient (Wildman–Crippen LogP) is 1.87. The molecule has 0 heterocycles. The minimum absolute atomic E-state index is 0.0599. The lowest BCUT2D eigenvalue weighted by molar-refractivity contribution is -0.394. The largest absolute Gasteiger partial charge is 0.352 e. The van der Waals surface area contributed by atoms with Crippen molar-refractivity contribution in [1.82, 2.24) is 10.6 Å². The normalized spacial score (nSPS) is 10.2. The summed E-state index contributed by atoms with van der Waals surface area (Å²) in [5.74, 6) is -1.73. The maximum absolute atomic E-state index is 12.2. The molecule has 0 fully saturated rings. The van der Waals surface area contributed by atoms with Crippen molar-refractivity contribution in [2.45, 2.75) is 6.42 Å². The summed E-state index contributed by atoms with van der Waals surface area (Å²) >= 11 is 0. The summed E-state index contributed by atoms with van der Waals surface area (Å²) < 4.78 is 0. The number of nitrogens with zero attached hydrogens (tertiary/aromatic N) is 4. The molecule has 16 heteroatoms. The van der Waals surface area contributed by atoms with E-state index in [1.165, 1.54) is 0 Å². The fourth-order valence-corrected chi connectivity index (χ4v) is 2.64. The molecule has 2 amide bonds. The summed E-state index contributed by atoms with van der Waals surface area (Å²) in [6, 6.07) is 5.10. The van der Waals surface area contributed by atoms with E-state index in [2.05, 4.69) is 10.6 Å². The lowest BCUT2D eigenvalue weighted by atomic mass is 10.1. The number of nitro benzene ring substituents is 4. The number of carbonyl (C=O) groups is 2. The van der Waals surface area contributed by atoms with E-state index in [-0.39, 0.29) is 19.5 Å². The van der Waals surface area contributed by atoms with Crippen LogP contribution in [-0.4, -0.2) is 44.6 Å². The fourth-order valence-electron chi connectivity index (χ4n) is 2.64. The van der Waals surface area contributed by atoms with Gasteiger partial charge in [-0.3, -0.25) is 50.0 Å². The van der Waals surface area contributed by atoms with Crippen LogP contribution in [0.1, 0.15) is 27.1 Å². The summed E-state index contributed by atoms with van der Waals surface area (Å²) in [5.41, 5.74) is -3.39. The smallest absolute Gasteiger partial charge is 0.289 e. The Balaban J connectivity index is 1.95. The first-order valence-corrected chi connectivity index (χ1v) is 8.95. The minimum atomic E-state index is -0.931. The summed E-state index contributed by atoms with van der Waals surface area (Å²) in [6.07, 6.45) is 0.124. The van der Waals surface area contributed by atoms with Gasteiger partial charge in [-0.05, 0) is 18.6 Å². The van der Waals surface area contributed by atoms with Gasteiger partial charge >= 0.3 is 0 Å². The van der Waals surface area contributed by atoms with Crippen LogP contribution in [0.3, 0.4) is 0 Å². The molecule has 33 heavy (non-hydrogen) atoms. The predicted molar refractivity (Wildman–Crippen MR) is 109 cm³/mol. The van der Waals surface area contributed by atoms with E-state index in [0.29, 0.717) is 12.1 Å². The van der Waals surface area contributed by atoms with E-state index in [4.69, 9.17) is 0 Å². The first-order valence-electron chi connectivity index (χ1n) is 8.95. The summed E-state index contributed by atoms with van der Waals surface area (Å²) in [6.45, 7) is -0.120.